The summed E-state index contributed by atoms with van der Waals surface area (Å²) >= 11 is 1.86. The number of hydrogen-bond acceptors (Lipinski definition) is 3. The maximum Gasteiger partial charge on any atom is 0.136 e. The molecule has 258 valence electrons. The quantitative estimate of drug-likeness (QED) is 0.170. The lowest BCUT2D eigenvalue weighted by atomic mass is 9.95. The van der Waals surface area contributed by atoms with Crippen molar-refractivity contribution in [1.82, 2.24) is 0 Å². The second-order valence-corrected chi connectivity index (χ2v) is 15.1. The molecule has 11 rings (SSSR count). The van der Waals surface area contributed by atoms with Gasteiger partial charge in [-0.3, -0.25) is 0 Å². The maximum absolute atomic E-state index is 6.33. The number of benzene rings is 9. The first-order chi connectivity index (χ1) is 27.3. The summed E-state index contributed by atoms with van der Waals surface area (Å²) in [7, 11) is 0. The Hall–Kier alpha value is -6.94. The zero-order valence-electron chi connectivity index (χ0n) is 29.8. The first kappa shape index (κ1) is 31.6. The molecule has 0 saturated carbocycles. The monoisotopic (exact) mass is 719 g/mol. The molecule has 3 heteroatoms. The van der Waals surface area contributed by atoms with E-state index in [1.165, 1.54) is 53.2 Å². The average molecular weight is 720 g/mol. The van der Waals surface area contributed by atoms with E-state index in [9.17, 15) is 0 Å². The number of hydrogen-bond donors (Lipinski definition) is 0. The Morgan fingerprint density at radius 3 is 1.87 bits per heavy atom. The molecule has 9 aromatic carbocycles. The van der Waals surface area contributed by atoms with Gasteiger partial charge in [-0.25, -0.2) is 0 Å². The summed E-state index contributed by atoms with van der Waals surface area (Å²) in [5, 5.41) is 7.34. The van der Waals surface area contributed by atoms with E-state index in [0.717, 1.165) is 50.1 Å². The van der Waals surface area contributed by atoms with Crippen molar-refractivity contribution in [3.8, 4) is 33.4 Å². The molecular weight excluding hydrogens is 687 g/mol. The summed E-state index contributed by atoms with van der Waals surface area (Å²) in [6.07, 6.45) is 0. The van der Waals surface area contributed by atoms with Crippen LogP contribution in [0.5, 0.6) is 0 Å². The van der Waals surface area contributed by atoms with Crippen molar-refractivity contribution >= 4 is 81.3 Å². The second kappa shape index (κ2) is 12.9. The van der Waals surface area contributed by atoms with E-state index < -0.39 is 0 Å². The normalized spacial score (nSPS) is 11.6. The van der Waals surface area contributed by atoms with Crippen molar-refractivity contribution < 1.29 is 4.42 Å². The van der Waals surface area contributed by atoms with Gasteiger partial charge in [-0.2, -0.15) is 0 Å². The highest BCUT2D eigenvalue weighted by molar-refractivity contribution is 7.25. The summed E-state index contributed by atoms with van der Waals surface area (Å²) in [6.45, 7) is 0. The fourth-order valence-electron chi connectivity index (χ4n) is 8.34. The highest BCUT2D eigenvalue weighted by Gasteiger charge is 2.20. The van der Waals surface area contributed by atoms with Crippen molar-refractivity contribution in [3.05, 3.63) is 200 Å². The van der Waals surface area contributed by atoms with Gasteiger partial charge in [0.25, 0.3) is 0 Å². The molecule has 0 amide bonds. The summed E-state index contributed by atoms with van der Waals surface area (Å²) in [4.78, 5) is 2.43. The average Bonchev–Trinajstić information content (AvgIpc) is 3.82. The predicted octanol–water partition coefficient (Wildman–Crippen LogP) is 15.6. The number of rotatable bonds is 6. The van der Waals surface area contributed by atoms with E-state index in [1.807, 2.05) is 23.5 Å². The molecule has 0 N–H and O–H groups in total. The number of anilines is 3. The van der Waals surface area contributed by atoms with Gasteiger partial charge >= 0.3 is 0 Å². The lowest BCUT2D eigenvalue weighted by Crippen LogP contribution is -2.11. The molecule has 0 aliphatic carbocycles. The Labute approximate surface area is 322 Å². The van der Waals surface area contributed by atoms with Crippen LogP contribution in [-0.2, 0) is 0 Å². The predicted molar refractivity (Wildman–Crippen MR) is 235 cm³/mol. The van der Waals surface area contributed by atoms with Gasteiger partial charge in [0.05, 0.1) is 5.69 Å². The van der Waals surface area contributed by atoms with Crippen molar-refractivity contribution in [2.45, 2.75) is 0 Å². The minimum Gasteiger partial charge on any atom is -0.456 e. The fraction of sp³-hybridized carbons (Fsp3) is 0. The Balaban J connectivity index is 1.12. The van der Waals surface area contributed by atoms with Crippen LogP contribution in [-0.4, -0.2) is 0 Å². The van der Waals surface area contributed by atoms with Crippen LogP contribution in [0.4, 0.5) is 17.1 Å². The maximum atomic E-state index is 6.33. The third-order valence-corrected chi connectivity index (χ3v) is 12.0. The van der Waals surface area contributed by atoms with E-state index in [-0.39, 0.29) is 0 Å². The highest BCUT2D eigenvalue weighted by atomic mass is 32.1. The fourth-order valence-corrected chi connectivity index (χ4v) is 9.47. The molecule has 2 heterocycles. The molecule has 2 nitrogen and oxygen atoms in total. The van der Waals surface area contributed by atoms with Gasteiger partial charge in [0.1, 0.15) is 11.2 Å². The molecule has 0 aliphatic heterocycles. The summed E-state index contributed by atoms with van der Waals surface area (Å²) < 4.78 is 8.94. The van der Waals surface area contributed by atoms with Gasteiger partial charge < -0.3 is 9.32 Å². The Kier molecular flexibility index (Phi) is 7.39. The SMILES string of the molecule is c1cc(-c2ccc3c(c2)oc2ccccc23)cc(N(c2cccc(-c3cccc4sc5ccccc5c34)c2)c2ccccc2-c2cccc3ccccc23)c1. The lowest BCUT2D eigenvalue weighted by Gasteiger charge is -2.29. The third kappa shape index (κ3) is 5.32. The standard InChI is InChI=1S/C52H33NOS/c1-2-19-40-34(13-1)14-11-24-42(40)43-20-3-6-25-47(43)53(38-17-9-15-35(31-38)36-29-30-45-44-21-4-7-26-48(44)54-49(45)33-36)39-18-10-16-37(32-39)41-23-12-28-51-52(41)46-22-5-8-27-50(46)55-51/h1-33H. The van der Waals surface area contributed by atoms with Crippen LogP contribution in [0.15, 0.2) is 205 Å². The Morgan fingerprint density at radius 2 is 0.964 bits per heavy atom. The molecule has 0 atom stereocenters. The zero-order valence-corrected chi connectivity index (χ0v) is 30.6. The van der Waals surface area contributed by atoms with Crippen LogP contribution >= 0.6 is 11.3 Å². The van der Waals surface area contributed by atoms with Crippen molar-refractivity contribution in [1.29, 1.82) is 0 Å². The smallest absolute Gasteiger partial charge is 0.136 e. The van der Waals surface area contributed by atoms with E-state index in [4.69, 9.17) is 4.42 Å². The first-order valence-electron chi connectivity index (χ1n) is 18.7. The third-order valence-electron chi connectivity index (χ3n) is 10.9. The number of nitrogens with zero attached hydrogens (tertiary/aromatic N) is 1. The number of para-hydroxylation sites is 2. The van der Waals surface area contributed by atoms with Crippen molar-refractivity contribution in [2.24, 2.45) is 0 Å². The van der Waals surface area contributed by atoms with Gasteiger partial charge in [-0.15, -0.1) is 11.3 Å². The first-order valence-corrected chi connectivity index (χ1v) is 19.5. The Morgan fingerprint density at radius 1 is 0.364 bits per heavy atom. The van der Waals surface area contributed by atoms with Crippen LogP contribution in [0.2, 0.25) is 0 Å². The Bertz CT molecular complexity index is 3240. The second-order valence-electron chi connectivity index (χ2n) is 14.1. The summed E-state index contributed by atoms with van der Waals surface area (Å²) in [5.41, 5.74) is 12.1. The molecular formula is C52H33NOS. The number of furan rings is 1. The molecule has 0 radical (unpaired) electrons. The van der Waals surface area contributed by atoms with Crippen LogP contribution in [0.3, 0.4) is 0 Å². The van der Waals surface area contributed by atoms with Crippen LogP contribution in [0.25, 0.3) is 86.3 Å². The minimum atomic E-state index is 0.894. The molecule has 0 aliphatic rings. The van der Waals surface area contributed by atoms with E-state index in [2.05, 4.69) is 193 Å². The van der Waals surface area contributed by atoms with Gasteiger partial charge in [0.2, 0.25) is 0 Å². The zero-order chi connectivity index (χ0) is 36.3. The van der Waals surface area contributed by atoms with Gasteiger partial charge in [-0.1, -0.05) is 140 Å². The van der Waals surface area contributed by atoms with E-state index in [0.29, 0.717) is 0 Å². The van der Waals surface area contributed by atoms with Crippen LogP contribution in [0, 0.1) is 0 Å². The highest BCUT2D eigenvalue weighted by Crippen LogP contribution is 2.46. The largest absolute Gasteiger partial charge is 0.456 e. The number of thiophene rings is 1. The molecule has 0 bridgehead atoms. The van der Waals surface area contributed by atoms with Crippen LogP contribution < -0.4 is 4.90 Å². The van der Waals surface area contributed by atoms with E-state index in [1.54, 1.807) is 0 Å². The summed E-state index contributed by atoms with van der Waals surface area (Å²) in [5.74, 6) is 0. The molecule has 0 saturated heterocycles. The molecule has 55 heavy (non-hydrogen) atoms. The topological polar surface area (TPSA) is 16.4 Å². The van der Waals surface area contributed by atoms with Gasteiger partial charge in [0, 0.05) is 47.9 Å². The molecule has 0 spiro atoms. The molecule has 2 aromatic heterocycles. The van der Waals surface area contributed by atoms with Crippen molar-refractivity contribution in [3.63, 3.8) is 0 Å². The van der Waals surface area contributed by atoms with Crippen LogP contribution in [0.1, 0.15) is 0 Å². The van der Waals surface area contributed by atoms with Gasteiger partial charge in [-0.05, 0) is 99.3 Å². The van der Waals surface area contributed by atoms with Crippen molar-refractivity contribution in [2.75, 3.05) is 4.90 Å². The minimum absolute atomic E-state index is 0.894. The number of fused-ring (bicyclic) bond motifs is 7. The molecule has 11 aromatic rings. The molecule has 0 fully saturated rings. The van der Waals surface area contributed by atoms with Gasteiger partial charge in [0.15, 0.2) is 0 Å². The lowest BCUT2D eigenvalue weighted by molar-refractivity contribution is 0.669. The molecule has 0 unspecified atom stereocenters. The van der Waals surface area contributed by atoms with E-state index >= 15 is 0 Å². The summed E-state index contributed by atoms with van der Waals surface area (Å²) in [6, 6.07) is 72.3.